The van der Waals surface area contributed by atoms with Gasteiger partial charge < -0.3 is 25.4 Å². The van der Waals surface area contributed by atoms with E-state index in [1.165, 1.54) is 21.1 Å². The maximum absolute atomic E-state index is 12.2. The molecular formula is C17H18ClN3O4. The molecule has 0 aromatic heterocycles. The highest BCUT2D eigenvalue weighted by atomic mass is 35.5. The Morgan fingerprint density at radius 1 is 0.920 bits per heavy atom. The molecule has 0 bridgehead atoms. The van der Waals surface area contributed by atoms with Crippen molar-refractivity contribution in [2.75, 3.05) is 30.2 Å². The van der Waals surface area contributed by atoms with Crippen LogP contribution in [0.3, 0.4) is 0 Å². The van der Waals surface area contributed by atoms with Crippen molar-refractivity contribution in [3.05, 3.63) is 41.4 Å². The largest absolute Gasteiger partial charge is 0.495 e. The van der Waals surface area contributed by atoms with Crippen molar-refractivity contribution in [3.63, 3.8) is 0 Å². The Balaban J connectivity index is 2.14. The lowest BCUT2D eigenvalue weighted by Gasteiger charge is -2.14. The van der Waals surface area contributed by atoms with Gasteiger partial charge in [-0.15, -0.1) is 0 Å². The first-order valence-corrected chi connectivity index (χ1v) is 7.68. The van der Waals surface area contributed by atoms with Gasteiger partial charge in [-0.05, 0) is 18.2 Å². The molecule has 132 valence electrons. The van der Waals surface area contributed by atoms with Crippen molar-refractivity contribution < 1.29 is 19.1 Å². The molecule has 3 N–H and O–H groups in total. The van der Waals surface area contributed by atoms with Gasteiger partial charge in [0.25, 0.3) is 0 Å². The Bertz CT molecular complexity index is 795. The Labute approximate surface area is 150 Å². The quantitative estimate of drug-likeness (QED) is 0.750. The second kappa shape index (κ2) is 8.25. The third-order valence-electron chi connectivity index (χ3n) is 3.16. The van der Waals surface area contributed by atoms with Gasteiger partial charge in [0.2, 0.25) is 5.91 Å². The lowest BCUT2D eigenvalue weighted by molar-refractivity contribution is -0.114. The van der Waals surface area contributed by atoms with Crippen molar-refractivity contribution in [1.82, 2.24) is 0 Å². The number of amides is 3. The summed E-state index contributed by atoms with van der Waals surface area (Å²) >= 11 is 6.04. The summed E-state index contributed by atoms with van der Waals surface area (Å²) in [6.45, 7) is 1.41. The molecule has 25 heavy (non-hydrogen) atoms. The molecule has 0 fully saturated rings. The van der Waals surface area contributed by atoms with Crippen LogP contribution in [-0.4, -0.2) is 26.2 Å². The molecular weight excluding hydrogens is 346 g/mol. The van der Waals surface area contributed by atoms with E-state index in [4.69, 9.17) is 21.1 Å². The lowest BCUT2D eigenvalue weighted by Crippen LogP contribution is -2.20. The van der Waals surface area contributed by atoms with E-state index in [0.717, 1.165) is 0 Å². The van der Waals surface area contributed by atoms with Crippen molar-refractivity contribution in [2.45, 2.75) is 6.92 Å². The van der Waals surface area contributed by atoms with Crippen LogP contribution >= 0.6 is 11.6 Å². The highest BCUT2D eigenvalue weighted by Crippen LogP contribution is 2.35. The SMILES string of the molecule is COc1cc(NC(=O)Nc2cccc(NC(C)=O)c2)c(OC)cc1Cl. The summed E-state index contributed by atoms with van der Waals surface area (Å²) in [4.78, 5) is 23.3. The first-order chi connectivity index (χ1) is 11.9. The molecule has 7 nitrogen and oxygen atoms in total. The van der Waals surface area contributed by atoms with Crippen molar-refractivity contribution in [2.24, 2.45) is 0 Å². The molecule has 2 aromatic carbocycles. The monoisotopic (exact) mass is 363 g/mol. The zero-order valence-corrected chi connectivity index (χ0v) is 14.7. The summed E-state index contributed by atoms with van der Waals surface area (Å²) in [7, 11) is 2.95. The summed E-state index contributed by atoms with van der Waals surface area (Å²) in [6, 6.07) is 9.40. The molecule has 8 heteroatoms. The molecule has 0 radical (unpaired) electrons. The summed E-state index contributed by atoms with van der Waals surface area (Å²) in [6.07, 6.45) is 0. The molecule has 0 saturated heterocycles. The third kappa shape index (κ3) is 5.02. The van der Waals surface area contributed by atoms with Gasteiger partial charge in [0.05, 0.1) is 24.9 Å². The average molecular weight is 364 g/mol. The average Bonchev–Trinajstić information content (AvgIpc) is 2.55. The van der Waals surface area contributed by atoms with E-state index < -0.39 is 6.03 Å². The summed E-state index contributed by atoms with van der Waals surface area (Å²) in [5, 5.41) is 8.36. The maximum atomic E-state index is 12.2. The number of hydrogen-bond donors (Lipinski definition) is 3. The fourth-order valence-corrected chi connectivity index (χ4v) is 2.35. The van der Waals surface area contributed by atoms with E-state index >= 15 is 0 Å². The second-order valence-electron chi connectivity index (χ2n) is 5.03. The van der Waals surface area contributed by atoms with Gasteiger partial charge in [0.1, 0.15) is 11.5 Å². The van der Waals surface area contributed by atoms with Crippen molar-refractivity contribution in [3.8, 4) is 11.5 Å². The molecule has 0 saturated carbocycles. The molecule has 0 atom stereocenters. The summed E-state index contributed by atoms with van der Waals surface area (Å²) < 4.78 is 10.3. The molecule has 0 aliphatic carbocycles. The smallest absolute Gasteiger partial charge is 0.323 e. The van der Waals surface area contributed by atoms with Crippen LogP contribution in [-0.2, 0) is 4.79 Å². The molecule has 0 aliphatic rings. The van der Waals surface area contributed by atoms with E-state index in [1.807, 2.05) is 0 Å². The predicted molar refractivity (Wildman–Crippen MR) is 97.9 cm³/mol. The fourth-order valence-electron chi connectivity index (χ4n) is 2.12. The van der Waals surface area contributed by atoms with Crippen LogP contribution in [0.5, 0.6) is 11.5 Å². The molecule has 2 rings (SSSR count). The molecule has 0 spiro atoms. The van der Waals surface area contributed by atoms with Crippen LogP contribution in [0.4, 0.5) is 21.9 Å². The molecule has 0 heterocycles. The van der Waals surface area contributed by atoms with E-state index in [9.17, 15) is 9.59 Å². The molecule has 0 aliphatic heterocycles. The van der Waals surface area contributed by atoms with Gasteiger partial charge in [-0.2, -0.15) is 0 Å². The van der Waals surface area contributed by atoms with Gasteiger partial charge in [0, 0.05) is 30.4 Å². The standard InChI is InChI=1S/C17H18ClN3O4/c1-10(22)19-11-5-4-6-12(7-11)20-17(23)21-14-9-15(24-2)13(18)8-16(14)25-3/h4-9H,1-3H3,(H,19,22)(H2,20,21,23). The maximum Gasteiger partial charge on any atom is 0.323 e. The van der Waals surface area contributed by atoms with Gasteiger partial charge in [-0.1, -0.05) is 17.7 Å². The van der Waals surface area contributed by atoms with Crippen LogP contribution in [0.2, 0.25) is 5.02 Å². The molecule has 3 amide bonds. The van der Waals surface area contributed by atoms with Crippen molar-refractivity contribution >= 4 is 40.6 Å². The number of ether oxygens (including phenoxy) is 2. The Morgan fingerprint density at radius 3 is 2.16 bits per heavy atom. The Kier molecular flexibility index (Phi) is 6.08. The van der Waals surface area contributed by atoms with E-state index in [-0.39, 0.29) is 5.91 Å². The number of benzene rings is 2. The third-order valence-corrected chi connectivity index (χ3v) is 3.46. The number of carbonyl (C=O) groups is 2. The second-order valence-corrected chi connectivity index (χ2v) is 5.44. The Morgan fingerprint density at radius 2 is 1.56 bits per heavy atom. The van der Waals surface area contributed by atoms with Crippen LogP contribution in [0.15, 0.2) is 36.4 Å². The summed E-state index contributed by atoms with van der Waals surface area (Å²) in [5.74, 6) is 0.609. The normalized spacial score (nSPS) is 9.92. The highest BCUT2D eigenvalue weighted by Gasteiger charge is 2.13. The molecule has 2 aromatic rings. The highest BCUT2D eigenvalue weighted by molar-refractivity contribution is 6.32. The summed E-state index contributed by atoms with van der Waals surface area (Å²) in [5.41, 5.74) is 1.50. The number of halogens is 1. The first-order valence-electron chi connectivity index (χ1n) is 7.30. The van der Waals surface area contributed by atoms with Crippen LogP contribution in [0.25, 0.3) is 0 Å². The first kappa shape index (κ1) is 18.4. The lowest BCUT2D eigenvalue weighted by atomic mass is 10.2. The van der Waals surface area contributed by atoms with Crippen LogP contribution in [0.1, 0.15) is 6.92 Å². The number of nitrogens with one attached hydrogen (secondary N) is 3. The number of anilines is 3. The van der Waals surface area contributed by atoms with Crippen LogP contribution in [0, 0.1) is 0 Å². The number of hydrogen-bond acceptors (Lipinski definition) is 4. The van der Waals surface area contributed by atoms with Crippen LogP contribution < -0.4 is 25.4 Å². The minimum Gasteiger partial charge on any atom is -0.495 e. The fraction of sp³-hybridized carbons (Fsp3) is 0.176. The zero-order chi connectivity index (χ0) is 18.4. The topological polar surface area (TPSA) is 88.7 Å². The number of methoxy groups -OCH3 is 2. The predicted octanol–water partition coefficient (Wildman–Crippen LogP) is 3.96. The van der Waals surface area contributed by atoms with E-state index in [2.05, 4.69) is 16.0 Å². The number of urea groups is 1. The van der Waals surface area contributed by atoms with Gasteiger partial charge in [0.15, 0.2) is 0 Å². The number of carbonyl (C=O) groups excluding carboxylic acids is 2. The molecule has 0 unspecified atom stereocenters. The number of rotatable bonds is 5. The van der Waals surface area contributed by atoms with Gasteiger partial charge in [-0.25, -0.2) is 4.79 Å². The van der Waals surface area contributed by atoms with E-state index in [0.29, 0.717) is 33.6 Å². The zero-order valence-electron chi connectivity index (χ0n) is 14.0. The van der Waals surface area contributed by atoms with Crippen molar-refractivity contribution in [1.29, 1.82) is 0 Å². The minimum atomic E-state index is -0.484. The minimum absolute atomic E-state index is 0.195. The van der Waals surface area contributed by atoms with Gasteiger partial charge in [-0.3, -0.25) is 4.79 Å². The van der Waals surface area contributed by atoms with Gasteiger partial charge >= 0.3 is 6.03 Å². The van der Waals surface area contributed by atoms with E-state index in [1.54, 1.807) is 36.4 Å². The Hall–Kier alpha value is -2.93.